The number of morpholine rings is 2. The standard InChI is InChI=1S/C20H27N5O3S/c26-19(23-16-1-3-17(4-2-16)25-9-13-28-14-10-25)18-15-22-20(29-18)21-5-6-24-7-11-27-12-8-24/h1-4,15H,5-14H2,(H,21,22)(H,23,26). The van der Waals surface area contributed by atoms with Gasteiger partial charge in [-0.1, -0.05) is 11.3 Å². The van der Waals surface area contributed by atoms with Crippen LogP contribution in [0.1, 0.15) is 9.67 Å². The van der Waals surface area contributed by atoms with E-state index in [-0.39, 0.29) is 5.91 Å². The van der Waals surface area contributed by atoms with Gasteiger partial charge in [-0.15, -0.1) is 0 Å². The Balaban J connectivity index is 1.25. The molecule has 156 valence electrons. The Bertz CT molecular complexity index is 786. The summed E-state index contributed by atoms with van der Waals surface area (Å²) in [4.78, 5) is 22.1. The third-order valence-corrected chi connectivity index (χ3v) is 5.99. The van der Waals surface area contributed by atoms with Gasteiger partial charge in [-0.25, -0.2) is 4.98 Å². The van der Waals surface area contributed by atoms with Crippen molar-refractivity contribution < 1.29 is 14.3 Å². The summed E-state index contributed by atoms with van der Waals surface area (Å²) in [6.07, 6.45) is 1.62. The smallest absolute Gasteiger partial charge is 0.267 e. The quantitative estimate of drug-likeness (QED) is 0.713. The van der Waals surface area contributed by atoms with E-state index in [4.69, 9.17) is 9.47 Å². The summed E-state index contributed by atoms with van der Waals surface area (Å²) in [6, 6.07) is 7.94. The van der Waals surface area contributed by atoms with Crippen LogP contribution in [0, 0.1) is 0 Å². The lowest BCUT2D eigenvalue weighted by atomic mass is 10.2. The maximum atomic E-state index is 12.5. The maximum Gasteiger partial charge on any atom is 0.267 e. The van der Waals surface area contributed by atoms with E-state index < -0.39 is 0 Å². The van der Waals surface area contributed by atoms with Gasteiger partial charge in [-0.2, -0.15) is 0 Å². The van der Waals surface area contributed by atoms with E-state index in [1.165, 1.54) is 11.3 Å². The highest BCUT2D eigenvalue weighted by Crippen LogP contribution is 2.22. The van der Waals surface area contributed by atoms with Crippen molar-refractivity contribution in [1.29, 1.82) is 0 Å². The van der Waals surface area contributed by atoms with Crippen molar-refractivity contribution in [3.8, 4) is 0 Å². The molecule has 2 N–H and O–H groups in total. The molecule has 2 saturated heterocycles. The fourth-order valence-electron chi connectivity index (χ4n) is 3.38. The van der Waals surface area contributed by atoms with Crippen LogP contribution < -0.4 is 15.5 Å². The van der Waals surface area contributed by atoms with Crippen LogP contribution in [0.2, 0.25) is 0 Å². The van der Waals surface area contributed by atoms with E-state index in [0.717, 1.165) is 82.2 Å². The Hall–Kier alpha value is -2.20. The van der Waals surface area contributed by atoms with Crippen LogP contribution in [0.15, 0.2) is 30.5 Å². The van der Waals surface area contributed by atoms with Gasteiger partial charge < -0.3 is 25.0 Å². The fraction of sp³-hybridized carbons (Fsp3) is 0.500. The molecule has 0 atom stereocenters. The molecule has 8 nitrogen and oxygen atoms in total. The van der Waals surface area contributed by atoms with E-state index >= 15 is 0 Å². The Labute approximate surface area is 174 Å². The van der Waals surface area contributed by atoms with E-state index in [0.29, 0.717) is 4.88 Å². The average molecular weight is 418 g/mol. The summed E-state index contributed by atoms with van der Waals surface area (Å²) in [7, 11) is 0. The Morgan fingerprint density at radius 1 is 1.03 bits per heavy atom. The largest absolute Gasteiger partial charge is 0.379 e. The zero-order valence-electron chi connectivity index (χ0n) is 16.4. The molecule has 3 heterocycles. The molecular weight excluding hydrogens is 390 g/mol. The molecule has 0 saturated carbocycles. The first-order valence-electron chi connectivity index (χ1n) is 10.0. The van der Waals surface area contributed by atoms with Gasteiger partial charge in [-0.3, -0.25) is 9.69 Å². The molecule has 1 amide bonds. The van der Waals surface area contributed by atoms with Crippen LogP contribution >= 0.6 is 11.3 Å². The lowest BCUT2D eigenvalue weighted by Gasteiger charge is -2.28. The van der Waals surface area contributed by atoms with Crippen molar-refractivity contribution in [2.45, 2.75) is 0 Å². The van der Waals surface area contributed by atoms with Crippen LogP contribution in [-0.2, 0) is 9.47 Å². The van der Waals surface area contributed by atoms with Crippen LogP contribution in [0.4, 0.5) is 16.5 Å². The highest BCUT2D eigenvalue weighted by molar-refractivity contribution is 7.17. The minimum Gasteiger partial charge on any atom is -0.379 e. The second kappa shape index (κ2) is 10.0. The lowest BCUT2D eigenvalue weighted by Crippen LogP contribution is -2.38. The summed E-state index contributed by atoms with van der Waals surface area (Å²) >= 11 is 1.37. The average Bonchev–Trinajstić information content (AvgIpc) is 3.25. The molecule has 4 rings (SSSR count). The van der Waals surface area contributed by atoms with Gasteiger partial charge in [0.05, 0.1) is 32.6 Å². The predicted molar refractivity (Wildman–Crippen MR) is 115 cm³/mol. The Kier molecular flexibility index (Phi) is 6.94. The summed E-state index contributed by atoms with van der Waals surface area (Å²) in [5.74, 6) is -0.136. The number of amides is 1. The Morgan fingerprint density at radius 2 is 1.72 bits per heavy atom. The zero-order valence-corrected chi connectivity index (χ0v) is 17.2. The van der Waals surface area contributed by atoms with Crippen LogP contribution in [-0.4, -0.2) is 81.5 Å². The van der Waals surface area contributed by atoms with E-state index in [1.807, 2.05) is 24.3 Å². The van der Waals surface area contributed by atoms with Crippen molar-refractivity contribution in [2.24, 2.45) is 0 Å². The monoisotopic (exact) mass is 417 g/mol. The summed E-state index contributed by atoms with van der Waals surface area (Å²) in [5.41, 5.74) is 1.93. The first-order valence-corrected chi connectivity index (χ1v) is 10.8. The van der Waals surface area contributed by atoms with Gasteiger partial charge >= 0.3 is 0 Å². The molecule has 2 aliphatic heterocycles. The van der Waals surface area contributed by atoms with Crippen LogP contribution in [0.3, 0.4) is 0 Å². The first kappa shape index (κ1) is 20.1. The molecule has 2 aliphatic rings. The number of thiazole rings is 1. The number of hydrogen-bond donors (Lipinski definition) is 2. The van der Waals surface area contributed by atoms with Gasteiger partial charge in [0.25, 0.3) is 5.91 Å². The Morgan fingerprint density at radius 3 is 2.45 bits per heavy atom. The molecule has 9 heteroatoms. The number of nitrogens with zero attached hydrogens (tertiary/aromatic N) is 3. The molecule has 2 aromatic rings. The minimum absolute atomic E-state index is 0.136. The molecule has 0 aliphatic carbocycles. The number of rotatable bonds is 7. The third kappa shape index (κ3) is 5.66. The van der Waals surface area contributed by atoms with Crippen molar-refractivity contribution in [2.75, 3.05) is 81.2 Å². The number of hydrogen-bond acceptors (Lipinski definition) is 8. The van der Waals surface area contributed by atoms with Crippen molar-refractivity contribution >= 4 is 33.8 Å². The minimum atomic E-state index is -0.136. The number of anilines is 3. The normalized spacial score (nSPS) is 17.9. The number of carbonyl (C=O) groups excluding carboxylic acids is 1. The summed E-state index contributed by atoms with van der Waals surface area (Å²) < 4.78 is 10.7. The predicted octanol–water partition coefficient (Wildman–Crippen LogP) is 1.98. The van der Waals surface area contributed by atoms with E-state index in [2.05, 4.69) is 25.4 Å². The molecular formula is C20H27N5O3S. The van der Waals surface area contributed by atoms with Gasteiger partial charge in [0, 0.05) is 50.6 Å². The topological polar surface area (TPSA) is 79.0 Å². The SMILES string of the molecule is O=C(Nc1ccc(N2CCOCC2)cc1)c1cnc(NCCN2CCOCC2)s1. The third-order valence-electron chi connectivity index (χ3n) is 5.04. The zero-order chi connectivity index (χ0) is 19.9. The fourth-order valence-corrected chi connectivity index (χ4v) is 4.11. The highest BCUT2D eigenvalue weighted by Gasteiger charge is 2.14. The second-order valence-electron chi connectivity index (χ2n) is 7.01. The maximum absolute atomic E-state index is 12.5. The molecule has 0 radical (unpaired) electrons. The number of ether oxygens (including phenoxy) is 2. The molecule has 0 bridgehead atoms. The molecule has 29 heavy (non-hydrogen) atoms. The van der Waals surface area contributed by atoms with Crippen molar-refractivity contribution in [3.63, 3.8) is 0 Å². The summed E-state index contributed by atoms with van der Waals surface area (Å²) in [5, 5.41) is 7.02. The number of carbonyl (C=O) groups is 1. The number of aromatic nitrogens is 1. The van der Waals surface area contributed by atoms with Gasteiger partial charge in [0.1, 0.15) is 4.88 Å². The van der Waals surface area contributed by atoms with Crippen LogP contribution in [0.25, 0.3) is 0 Å². The lowest BCUT2D eigenvalue weighted by molar-refractivity contribution is 0.0398. The van der Waals surface area contributed by atoms with Crippen LogP contribution in [0.5, 0.6) is 0 Å². The highest BCUT2D eigenvalue weighted by atomic mass is 32.1. The van der Waals surface area contributed by atoms with E-state index in [9.17, 15) is 4.79 Å². The molecule has 1 aromatic heterocycles. The molecule has 0 unspecified atom stereocenters. The molecule has 0 spiro atoms. The summed E-state index contributed by atoms with van der Waals surface area (Å²) in [6.45, 7) is 8.59. The molecule has 1 aromatic carbocycles. The number of nitrogens with one attached hydrogen (secondary N) is 2. The second-order valence-corrected chi connectivity index (χ2v) is 8.04. The molecule has 2 fully saturated rings. The van der Waals surface area contributed by atoms with E-state index in [1.54, 1.807) is 6.20 Å². The number of benzene rings is 1. The van der Waals surface area contributed by atoms with Gasteiger partial charge in [0.15, 0.2) is 5.13 Å². The van der Waals surface area contributed by atoms with Crippen molar-refractivity contribution in [1.82, 2.24) is 9.88 Å². The van der Waals surface area contributed by atoms with Gasteiger partial charge in [-0.05, 0) is 24.3 Å². The van der Waals surface area contributed by atoms with Crippen molar-refractivity contribution in [3.05, 3.63) is 35.3 Å². The first-order chi connectivity index (χ1) is 14.3. The van der Waals surface area contributed by atoms with Gasteiger partial charge in [0.2, 0.25) is 0 Å².